The van der Waals surface area contributed by atoms with Crippen LogP contribution in [0.1, 0.15) is 38.5 Å². The molecule has 2 amide bonds. The molecule has 10 heteroatoms. The van der Waals surface area contributed by atoms with Gasteiger partial charge in [-0.2, -0.15) is 0 Å². The number of nitrogens with two attached hydrogens (primary N) is 2. The summed E-state index contributed by atoms with van der Waals surface area (Å²) in [6.07, 6.45) is 1.76. The third-order valence-corrected chi connectivity index (χ3v) is 5.06. The lowest BCUT2D eigenvalue weighted by atomic mass is 10.2. The number of nitrogens with one attached hydrogen (secondary N) is 2. The molecule has 0 fully saturated rings. The molecule has 0 rings (SSSR count). The van der Waals surface area contributed by atoms with Gasteiger partial charge in [-0.1, -0.05) is 21.6 Å². The molecule has 0 aromatic heterocycles. The van der Waals surface area contributed by atoms with Crippen molar-refractivity contribution in [2.45, 2.75) is 38.5 Å². The Balaban J connectivity index is 3.40. The lowest BCUT2D eigenvalue weighted by Gasteiger charge is -2.02. The van der Waals surface area contributed by atoms with Gasteiger partial charge in [0.1, 0.15) is 11.6 Å². The van der Waals surface area contributed by atoms with Crippen LogP contribution in [0.4, 0.5) is 0 Å². The zero-order valence-corrected chi connectivity index (χ0v) is 13.9. The average molecular weight is 350 g/mol. The Hall–Kier alpha value is -1.10. The lowest BCUT2D eigenvalue weighted by molar-refractivity contribution is -0.129. The van der Waals surface area contributed by atoms with Gasteiger partial charge in [-0.05, 0) is 12.8 Å². The van der Waals surface area contributed by atoms with Crippen molar-refractivity contribution in [2.24, 2.45) is 11.7 Å². The van der Waals surface area contributed by atoms with Gasteiger partial charge in [0.05, 0.1) is 12.8 Å². The van der Waals surface area contributed by atoms with E-state index < -0.39 is 11.8 Å². The SMILES string of the molecule is NNC(=O)CC(=O)CCCSSCCCC(=O)CC(=O)NN. The normalized spacial score (nSPS) is 10.1. The van der Waals surface area contributed by atoms with E-state index in [-0.39, 0.29) is 24.4 Å². The maximum absolute atomic E-state index is 11.3. The van der Waals surface area contributed by atoms with Gasteiger partial charge < -0.3 is 0 Å². The van der Waals surface area contributed by atoms with E-state index in [0.717, 1.165) is 11.5 Å². The van der Waals surface area contributed by atoms with Gasteiger partial charge in [-0.15, -0.1) is 0 Å². The zero-order chi connectivity index (χ0) is 16.8. The van der Waals surface area contributed by atoms with Gasteiger partial charge in [0.15, 0.2) is 0 Å². The first kappa shape index (κ1) is 20.9. The van der Waals surface area contributed by atoms with Crippen molar-refractivity contribution in [2.75, 3.05) is 11.5 Å². The molecule has 0 saturated carbocycles. The van der Waals surface area contributed by atoms with Gasteiger partial charge in [0, 0.05) is 24.3 Å². The number of ketones is 2. The molecule has 8 nitrogen and oxygen atoms in total. The van der Waals surface area contributed by atoms with Crippen LogP contribution in [-0.2, 0) is 19.2 Å². The summed E-state index contributed by atoms with van der Waals surface area (Å²) in [5.41, 5.74) is 3.83. The van der Waals surface area contributed by atoms with Crippen LogP contribution in [0.5, 0.6) is 0 Å². The Morgan fingerprint density at radius 1 is 0.727 bits per heavy atom. The molecule has 0 unspecified atom stereocenters. The molecule has 22 heavy (non-hydrogen) atoms. The molecule has 0 aliphatic heterocycles. The van der Waals surface area contributed by atoms with Crippen LogP contribution >= 0.6 is 21.6 Å². The number of rotatable bonds is 13. The molecule has 0 bridgehead atoms. The Labute approximate surface area is 137 Å². The highest BCUT2D eigenvalue weighted by atomic mass is 33.1. The van der Waals surface area contributed by atoms with Crippen LogP contribution in [0.2, 0.25) is 0 Å². The highest BCUT2D eigenvalue weighted by Crippen LogP contribution is 2.23. The first-order chi connectivity index (χ1) is 10.5. The molecule has 0 aliphatic carbocycles. The van der Waals surface area contributed by atoms with Gasteiger partial charge in [0.2, 0.25) is 11.8 Å². The topological polar surface area (TPSA) is 144 Å². The van der Waals surface area contributed by atoms with Crippen molar-refractivity contribution in [3.8, 4) is 0 Å². The zero-order valence-electron chi connectivity index (χ0n) is 12.3. The predicted molar refractivity (Wildman–Crippen MR) is 87.3 cm³/mol. The summed E-state index contributed by atoms with van der Waals surface area (Å²) in [4.78, 5) is 44.3. The molecule has 126 valence electrons. The van der Waals surface area contributed by atoms with Crippen molar-refractivity contribution in [1.82, 2.24) is 10.9 Å². The third kappa shape index (κ3) is 12.6. The summed E-state index contributed by atoms with van der Waals surface area (Å²) in [7, 11) is 3.24. The van der Waals surface area contributed by atoms with Gasteiger partial charge in [-0.3, -0.25) is 30.0 Å². The van der Waals surface area contributed by atoms with Crippen LogP contribution in [0.25, 0.3) is 0 Å². The molecule has 0 aromatic rings. The number of hydrogen-bond acceptors (Lipinski definition) is 8. The Kier molecular flexibility index (Phi) is 12.9. The van der Waals surface area contributed by atoms with Crippen LogP contribution in [0.3, 0.4) is 0 Å². The molecular weight excluding hydrogens is 328 g/mol. The lowest BCUT2D eigenvalue weighted by Crippen LogP contribution is -2.31. The molecule has 0 aromatic carbocycles. The Morgan fingerprint density at radius 2 is 1.09 bits per heavy atom. The summed E-state index contributed by atoms with van der Waals surface area (Å²) in [5.74, 6) is 10.2. The summed E-state index contributed by atoms with van der Waals surface area (Å²) in [6, 6.07) is 0. The first-order valence-corrected chi connectivity index (χ1v) is 9.25. The molecule has 0 spiro atoms. The largest absolute Gasteiger partial charge is 0.299 e. The van der Waals surface area contributed by atoms with E-state index in [9.17, 15) is 19.2 Å². The molecule has 0 aliphatic rings. The number of carbonyl (C=O) groups excluding carboxylic acids is 4. The van der Waals surface area contributed by atoms with Gasteiger partial charge in [0.25, 0.3) is 0 Å². The highest BCUT2D eigenvalue weighted by molar-refractivity contribution is 8.76. The van der Waals surface area contributed by atoms with Crippen LogP contribution in [0, 0.1) is 0 Å². The van der Waals surface area contributed by atoms with Gasteiger partial charge >= 0.3 is 0 Å². The summed E-state index contributed by atoms with van der Waals surface area (Å²) in [5, 5.41) is 0. The highest BCUT2D eigenvalue weighted by Gasteiger charge is 2.08. The molecule has 0 saturated heterocycles. The minimum atomic E-state index is -0.472. The van der Waals surface area contributed by atoms with Crippen molar-refractivity contribution in [3.63, 3.8) is 0 Å². The number of carbonyl (C=O) groups is 4. The summed E-state index contributed by atoms with van der Waals surface area (Å²) >= 11 is 0. The van der Waals surface area contributed by atoms with Crippen molar-refractivity contribution in [3.05, 3.63) is 0 Å². The summed E-state index contributed by atoms with van der Waals surface area (Å²) < 4.78 is 0. The average Bonchev–Trinajstić information content (AvgIpc) is 2.49. The second-order valence-electron chi connectivity index (χ2n) is 4.42. The molecule has 0 heterocycles. The van der Waals surface area contributed by atoms with Crippen molar-refractivity contribution in [1.29, 1.82) is 0 Å². The van der Waals surface area contributed by atoms with Crippen LogP contribution in [0.15, 0.2) is 0 Å². The standard InChI is InChI=1S/C12H22N4O4S2/c13-15-11(19)7-9(17)3-1-5-21-22-6-2-4-10(18)8-12(20)16-14/h1-8,13-14H2,(H,15,19)(H,16,20). The monoisotopic (exact) mass is 350 g/mol. The first-order valence-electron chi connectivity index (χ1n) is 6.76. The van der Waals surface area contributed by atoms with E-state index in [1.54, 1.807) is 21.6 Å². The maximum Gasteiger partial charge on any atom is 0.241 e. The van der Waals surface area contributed by atoms with Crippen LogP contribution in [-0.4, -0.2) is 34.9 Å². The fraction of sp³-hybridized carbons (Fsp3) is 0.667. The molecule has 0 radical (unpaired) electrons. The second-order valence-corrected chi connectivity index (χ2v) is 7.12. The Bertz CT molecular complexity index is 357. The number of amides is 2. The molecule has 0 atom stereocenters. The third-order valence-electron chi connectivity index (χ3n) is 2.49. The smallest absolute Gasteiger partial charge is 0.241 e. The minimum absolute atomic E-state index is 0.127. The van der Waals surface area contributed by atoms with E-state index in [1.165, 1.54) is 0 Å². The van der Waals surface area contributed by atoms with Crippen LogP contribution < -0.4 is 22.5 Å². The van der Waals surface area contributed by atoms with E-state index in [1.807, 2.05) is 10.9 Å². The fourth-order valence-corrected chi connectivity index (χ4v) is 3.59. The number of hydrazine groups is 2. The number of Topliss-reactive ketones (excluding diaryl/α,β-unsaturated/α-hetero) is 2. The second kappa shape index (κ2) is 13.6. The van der Waals surface area contributed by atoms with E-state index >= 15 is 0 Å². The maximum atomic E-state index is 11.3. The van der Waals surface area contributed by atoms with Crippen molar-refractivity contribution >= 4 is 45.0 Å². The Morgan fingerprint density at radius 3 is 1.41 bits per heavy atom. The molecule has 6 N–H and O–H groups in total. The summed E-state index contributed by atoms with van der Waals surface area (Å²) in [6.45, 7) is 0. The fourth-order valence-electron chi connectivity index (χ4n) is 1.41. The molecular formula is C12H22N4O4S2. The predicted octanol–water partition coefficient (Wildman–Crippen LogP) is -0.174. The van der Waals surface area contributed by atoms with Crippen molar-refractivity contribution < 1.29 is 19.2 Å². The van der Waals surface area contributed by atoms with E-state index in [4.69, 9.17) is 11.7 Å². The number of hydrogen-bond donors (Lipinski definition) is 4. The van der Waals surface area contributed by atoms with E-state index in [2.05, 4.69) is 0 Å². The quantitative estimate of drug-likeness (QED) is 0.0894. The minimum Gasteiger partial charge on any atom is -0.299 e. The van der Waals surface area contributed by atoms with Gasteiger partial charge in [-0.25, -0.2) is 11.7 Å². The van der Waals surface area contributed by atoms with E-state index in [0.29, 0.717) is 25.7 Å².